The average molecular weight is 251 g/mol. The van der Waals surface area contributed by atoms with E-state index in [1.54, 1.807) is 0 Å². The monoisotopic (exact) mass is 251 g/mol. The van der Waals surface area contributed by atoms with E-state index in [4.69, 9.17) is 4.74 Å². The summed E-state index contributed by atoms with van der Waals surface area (Å²) in [5.74, 6) is 2.21. The quantitative estimate of drug-likeness (QED) is 0.892. The van der Waals surface area contributed by atoms with Gasteiger partial charge in [-0.1, -0.05) is 23.8 Å². The Bertz CT molecular complexity index is 374. The molecule has 1 saturated heterocycles. The summed E-state index contributed by atoms with van der Waals surface area (Å²) >= 11 is 1.99. The summed E-state index contributed by atoms with van der Waals surface area (Å²) in [4.78, 5) is 0. The molecule has 2 nitrogen and oxygen atoms in total. The predicted molar refractivity (Wildman–Crippen MR) is 74.8 cm³/mol. The lowest BCUT2D eigenvalue weighted by atomic mass is 9.95. The van der Waals surface area contributed by atoms with Crippen molar-refractivity contribution in [1.29, 1.82) is 0 Å². The molecule has 2 unspecified atom stereocenters. The van der Waals surface area contributed by atoms with Crippen LogP contribution in [0.25, 0.3) is 0 Å². The van der Waals surface area contributed by atoms with Gasteiger partial charge in [0, 0.05) is 11.5 Å². The third kappa shape index (κ3) is 3.03. The van der Waals surface area contributed by atoms with Crippen LogP contribution in [0.4, 0.5) is 0 Å². The number of hydrogen-bond donors (Lipinski definition) is 1. The number of thioether (sulfide) groups is 1. The second kappa shape index (κ2) is 5.89. The number of likely N-dealkylation sites (N-methyl/N-ethyl adjacent to an activating group) is 1. The minimum absolute atomic E-state index is 0.291. The summed E-state index contributed by atoms with van der Waals surface area (Å²) < 4.78 is 5.90. The zero-order valence-corrected chi connectivity index (χ0v) is 11.6. The fourth-order valence-corrected chi connectivity index (χ4v) is 3.24. The van der Waals surface area contributed by atoms with Crippen molar-refractivity contribution in [2.24, 2.45) is 0 Å². The highest BCUT2D eigenvalue weighted by molar-refractivity contribution is 7.99. The Hall–Kier alpha value is -0.510. The number of nitrogens with one attached hydrogen (secondary N) is 1. The van der Waals surface area contributed by atoms with Crippen LogP contribution in [-0.4, -0.2) is 31.3 Å². The smallest absolute Gasteiger partial charge is 0.0860 e. The first kappa shape index (κ1) is 12.9. The van der Waals surface area contributed by atoms with Crippen molar-refractivity contribution in [2.75, 3.05) is 25.2 Å². The molecule has 2 rings (SSSR count). The van der Waals surface area contributed by atoms with Crippen LogP contribution in [0.2, 0.25) is 0 Å². The van der Waals surface area contributed by atoms with Gasteiger partial charge in [-0.05, 0) is 32.0 Å². The Morgan fingerprint density at radius 2 is 2.24 bits per heavy atom. The Kier molecular flexibility index (Phi) is 4.48. The Balaban J connectivity index is 2.24. The Morgan fingerprint density at radius 3 is 2.88 bits per heavy atom. The SMILES string of the molecule is CNC(c1cc(C)ccc1C)C1CSCCO1. The van der Waals surface area contributed by atoms with E-state index in [2.05, 4.69) is 37.4 Å². The van der Waals surface area contributed by atoms with E-state index in [9.17, 15) is 0 Å². The number of aryl methyl sites for hydroxylation is 2. The van der Waals surface area contributed by atoms with Crippen LogP contribution in [0.3, 0.4) is 0 Å². The topological polar surface area (TPSA) is 21.3 Å². The summed E-state index contributed by atoms with van der Waals surface area (Å²) in [6.07, 6.45) is 0.291. The van der Waals surface area contributed by atoms with Gasteiger partial charge in [0.1, 0.15) is 0 Å². The molecule has 0 spiro atoms. The maximum Gasteiger partial charge on any atom is 0.0860 e. The van der Waals surface area contributed by atoms with Crippen molar-refractivity contribution < 1.29 is 4.74 Å². The molecule has 1 aromatic rings. The summed E-state index contributed by atoms with van der Waals surface area (Å²) in [6.45, 7) is 5.19. The standard InChI is InChI=1S/C14H21NOS/c1-10-4-5-11(2)12(8-10)14(15-3)13-9-17-7-6-16-13/h4-5,8,13-15H,6-7,9H2,1-3H3. The van der Waals surface area contributed by atoms with Gasteiger partial charge < -0.3 is 10.1 Å². The maximum atomic E-state index is 5.90. The van der Waals surface area contributed by atoms with Crippen molar-refractivity contribution in [2.45, 2.75) is 26.0 Å². The molecule has 0 amide bonds. The molecule has 1 aliphatic heterocycles. The molecule has 3 heteroatoms. The molecule has 1 fully saturated rings. The van der Waals surface area contributed by atoms with Crippen LogP contribution in [0.5, 0.6) is 0 Å². The van der Waals surface area contributed by atoms with Crippen molar-refractivity contribution in [3.05, 3.63) is 34.9 Å². The number of ether oxygens (including phenoxy) is 1. The van der Waals surface area contributed by atoms with Crippen molar-refractivity contribution in [1.82, 2.24) is 5.32 Å². The molecular formula is C14H21NOS. The van der Waals surface area contributed by atoms with Crippen molar-refractivity contribution in [3.63, 3.8) is 0 Å². The zero-order valence-electron chi connectivity index (χ0n) is 10.8. The van der Waals surface area contributed by atoms with Gasteiger partial charge in [0.2, 0.25) is 0 Å². The fourth-order valence-electron chi connectivity index (χ4n) is 2.34. The van der Waals surface area contributed by atoms with Crippen LogP contribution in [0.1, 0.15) is 22.7 Å². The van der Waals surface area contributed by atoms with Gasteiger partial charge >= 0.3 is 0 Å². The number of rotatable bonds is 3. The van der Waals surface area contributed by atoms with Gasteiger partial charge in [-0.15, -0.1) is 0 Å². The summed E-state index contributed by atoms with van der Waals surface area (Å²) in [7, 11) is 2.02. The highest BCUT2D eigenvalue weighted by Crippen LogP contribution is 2.27. The first-order valence-corrected chi connectivity index (χ1v) is 7.31. The van der Waals surface area contributed by atoms with Crippen molar-refractivity contribution >= 4 is 11.8 Å². The molecule has 0 aromatic heterocycles. The van der Waals surface area contributed by atoms with Gasteiger partial charge in [-0.3, -0.25) is 0 Å². The lowest BCUT2D eigenvalue weighted by Crippen LogP contribution is -2.37. The second-order valence-corrected chi connectivity index (χ2v) is 5.76. The van der Waals surface area contributed by atoms with Crippen LogP contribution >= 0.6 is 11.8 Å². The Morgan fingerprint density at radius 1 is 1.41 bits per heavy atom. The van der Waals surface area contributed by atoms with E-state index in [1.807, 2.05) is 18.8 Å². The molecule has 0 aliphatic carbocycles. The molecule has 17 heavy (non-hydrogen) atoms. The average Bonchev–Trinajstić information content (AvgIpc) is 2.36. The van der Waals surface area contributed by atoms with Gasteiger partial charge in [0.25, 0.3) is 0 Å². The molecule has 0 bridgehead atoms. The fraction of sp³-hybridized carbons (Fsp3) is 0.571. The molecular weight excluding hydrogens is 230 g/mol. The third-order valence-corrected chi connectivity index (χ3v) is 4.31. The van der Waals surface area contributed by atoms with E-state index < -0.39 is 0 Å². The highest BCUT2D eigenvalue weighted by Gasteiger charge is 2.26. The minimum Gasteiger partial charge on any atom is -0.375 e. The summed E-state index contributed by atoms with van der Waals surface area (Å²) in [5, 5.41) is 3.42. The normalized spacial score (nSPS) is 22.4. The zero-order chi connectivity index (χ0) is 12.3. The largest absolute Gasteiger partial charge is 0.375 e. The molecule has 0 saturated carbocycles. The van der Waals surface area contributed by atoms with Crippen molar-refractivity contribution in [3.8, 4) is 0 Å². The van der Waals surface area contributed by atoms with E-state index in [-0.39, 0.29) is 0 Å². The molecule has 2 atom stereocenters. The van der Waals surface area contributed by atoms with Crippen LogP contribution in [0.15, 0.2) is 18.2 Å². The van der Waals surface area contributed by atoms with Crippen LogP contribution < -0.4 is 5.32 Å². The van der Waals surface area contributed by atoms with E-state index in [1.165, 1.54) is 16.7 Å². The molecule has 94 valence electrons. The molecule has 1 N–H and O–H groups in total. The van der Waals surface area contributed by atoms with Gasteiger partial charge in [0.05, 0.1) is 18.8 Å². The lowest BCUT2D eigenvalue weighted by molar-refractivity contribution is 0.0487. The number of hydrogen-bond acceptors (Lipinski definition) is 3. The van der Waals surface area contributed by atoms with Crippen LogP contribution in [-0.2, 0) is 4.74 Å². The van der Waals surface area contributed by atoms with E-state index in [0.29, 0.717) is 12.1 Å². The summed E-state index contributed by atoms with van der Waals surface area (Å²) in [5.41, 5.74) is 4.03. The summed E-state index contributed by atoms with van der Waals surface area (Å²) in [6, 6.07) is 6.95. The molecule has 0 radical (unpaired) electrons. The molecule has 1 heterocycles. The first-order chi connectivity index (χ1) is 8.22. The van der Waals surface area contributed by atoms with Crippen LogP contribution in [0, 0.1) is 13.8 Å². The highest BCUT2D eigenvalue weighted by atomic mass is 32.2. The predicted octanol–water partition coefficient (Wildman–Crippen LogP) is 2.70. The van der Waals surface area contributed by atoms with E-state index >= 15 is 0 Å². The molecule has 1 aliphatic rings. The Labute approximate surface area is 108 Å². The van der Waals surface area contributed by atoms with Gasteiger partial charge in [0.15, 0.2) is 0 Å². The maximum absolute atomic E-state index is 5.90. The number of benzene rings is 1. The second-order valence-electron chi connectivity index (χ2n) is 4.61. The first-order valence-electron chi connectivity index (χ1n) is 6.16. The van der Waals surface area contributed by atoms with E-state index in [0.717, 1.165) is 18.1 Å². The minimum atomic E-state index is 0.291. The van der Waals surface area contributed by atoms with Gasteiger partial charge in [-0.2, -0.15) is 11.8 Å². The molecule has 1 aromatic carbocycles. The third-order valence-electron chi connectivity index (χ3n) is 3.29. The lowest BCUT2D eigenvalue weighted by Gasteiger charge is -2.31. The van der Waals surface area contributed by atoms with Gasteiger partial charge in [-0.25, -0.2) is 0 Å².